The second-order valence-electron chi connectivity index (χ2n) is 8.44. The van der Waals surface area contributed by atoms with Crippen LogP contribution in [0.4, 0.5) is 5.82 Å². The van der Waals surface area contributed by atoms with Gasteiger partial charge < -0.3 is 9.80 Å². The van der Waals surface area contributed by atoms with Gasteiger partial charge in [0.25, 0.3) is 0 Å². The highest BCUT2D eigenvalue weighted by Crippen LogP contribution is 2.29. The van der Waals surface area contributed by atoms with Crippen LogP contribution in [0.2, 0.25) is 0 Å². The normalized spacial score (nSPS) is 19.4. The zero-order valence-corrected chi connectivity index (χ0v) is 15.5. The van der Waals surface area contributed by atoms with Crippen molar-refractivity contribution in [3.8, 4) is 0 Å². The van der Waals surface area contributed by atoms with E-state index in [2.05, 4.69) is 41.9 Å². The summed E-state index contributed by atoms with van der Waals surface area (Å²) in [6, 6.07) is 4.41. The Morgan fingerprint density at radius 1 is 1.21 bits per heavy atom. The first kappa shape index (κ1) is 17.2. The first-order chi connectivity index (χ1) is 11.3. The second-order valence-corrected chi connectivity index (χ2v) is 8.44. The summed E-state index contributed by atoms with van der Waals surface area (Å²) in [6.07, 6.45) is 5.77. The molecule has 3 rings (SSSR count). The number of amides is 1. The molecule has 24 heavy (non-hydrogen) atoms. The summed E-state index contributed by atoms with van der Waals surface area (Å²) >= 11 is 0. The Hall–Kier alpha value is -1.65. The third-order valence-corrected chi connectivity index (χ3v) is 5.48. The van der Waals surface area contributed by atoms with E-state index in [0.717, 1.165) is 31.0 Å². The molecular weight excluding hydrogens is 300 g/mol. The van der Waals surface area contributed by atoms with E-state index in [1.54, 1.807) is 0 Å². The van der Waals surface area contributed by atoms with Gasteiger partial charge in [-0.3, -0.25) is 4.79 Å². The summed E-state index contributed by atoms with van der Waals surface area (Å²) in [5.41, 5.74) is 1.03. The Balaban J connectivity index is 1.50. The maximum Gasteiger partial charge on any atom is 0.222 e. The van der Waals surface area contributed by atoms with Crippen LogP contribution in [0.3, 0.4) is 0 Å². The SMILES string of the molecule is CN(C(=O)CC1CCCC1)C1CN(c2ccc(C(C)(C)C)nn2)C1. The van der Waals surface area contributed by atoms with Crippen molar-refractivity contribution in [1.29, 1.82) is 0 Å². The molecule has 0 atom stereocenters. The molecule has 0 bridgehead atoms. The van der Waals surface area contributed by atoms with Crippen molar-refractivity contribution < 1.29 is 4.79 Å². The molecule has 0 radical (unpaired) electrons. The summed E-state index contributed by atoms with van der Waals surface area (Å²) < 4.78 is 0. The van der Waals surface area contributed by atoms with Crippen molar-refractivity contribution in [2.45, 2.75) is 64.3 Å². The monoisotopic (exact) mass is 330 g/mol. The molecule has 5 nitrogen and oxygen atoms in total. The molecule has 1 aliphatic heterocycles. The molecule has 1 aromatic heterocycles. The number of aromatic nitrogens is 2. The lowest BCUT2D eigenvalue weighted by molar-refractivity contribution is -0.133. The predicted octanol–water partition coefficient (Wildman–Crippen LogP) is 3.00. The third-order valence-electron chi connectivity index (χ3n) is 5.48. The van der Waals surface area contributed by atoms with Crippen molar-refractivity contribution in [2.75, 3.05) is 25.0 Å². The first-order valence-corrected chi connectivity index (χ1v) is 9.19. The van der Waals surface area contributed by atoms with Crippen molar-refractivity contribution in [1.82, 2.24) is 15.1 Å². The van der Waals surface area contributed by atoms with E-state index in [1.807, 2.05) is 18.0 Å². The van der Waals surface area contributed by atoms with Crippen LogP contribution >= 0.6 is 0 Å². The largest absolute Gasteiger partial charge is 0.351 e. The Bertz CT molecular complexity index is 566. The summed E-state index contributed by atoms with van der Waals surface area (Å²) in [6.45, 7) is 8.14. The van der Waals surface area contributed by atoms with Crippen LogP contribution in [0.5, 0.6) is 0 Å². The van der Waals surface area contributed by atoms with Gasteiger partial charge in [0.1, 0.15) is 0 Å². The average molecular weight is 330 g/mol. The minimum absolute atomic E-state index is 0.0237. The van der Waals surface area contributed by atoms with Gasteiger partial charge in [-0.15, -0.1) is 5.10 Å². The van der Waals surface area contributed by atoms with Gasteiger partial charge in [0.2, 0.25) is 5.91 Å². The molecule has 1 saturated carbocycles. The molecule has 1 saturated heterocycles. The van der Waals surface area contributed by atoms with Crippen LogP contribution in [0.25, 0.3) is 0 Å². The van der Waals surface area contributed by atoms with E-state index in [-0.39, 0.29) is 5.41 Å². The number of likely N-dealkylation sites (N-methyl/N-ethyl adjacent to an activating group) is 1. The van der Waals surface area contributed by atoms with Crippen LogP contribution in [0.1, 0.15) is 58.6 Å². The maximum absolute atomic E-state index is 12.4. The smallest absolute Gasteiger partial charge is 0.222 e. The van der Waals surface area contributed by atoms with Crippen LogP contribution in [-0.2, 0) is 10.2 Å². The predicted molar refractivity (Wildman–Crippen MR) is 96.1 cm³/mol. The van der Waals surface area contributed by atoms with Crippen LogP contribution < -0.4 is 4.90 Å². The van der Waals surface area contributed by atoms with E-state index in [9.17, 15) is 4.79 Å². The Morgan fingerprint density at radius 3 is 2.42 bits per heavy atom. The molecule has 1 aromatic rings. The fourth-order valence-corrected chi connectivity index (χ4v) is 3.59. The minimum Gasteiger partial charge on any atom is -0.351 e. The molecule has 2 aliphatic rings. The van der Waals surface area contributed by atoms with Crippen LogP contribution in [0.15, 0.2) is 12.1 Å². The first-order valence-electron chi connectivity index (χ1n) is 9.19. The van der Waals surface area contributed by atoms with Gasteiger partial charge in [0.15, 0.2) is 5.82 Å². The Morgan fingerprint density at radius 2 is 1.88 bits per heavy atom. The number of carbonyl (C=O) groups excluding carboxylic acids is 1. The Labute approximate surface area is 145 Å². The lowest BCUT2D eigenvalue weighted by atomic mass is 9.92. The van der Waals surface area contributed by atoms with Crippen LogP contribution in [0, 0.1) is 5.92 Å². The van der Waals surface area contributed by atoms with Crippen molar-refractivity contribution in [3.63, 3.8) is 0 Å². The van der Waals surface area contributed by atoms with E-state index >= 15 is 0 Å². The average Bonchev–Trinajstić information content (AvgIpc) is 2.98. The van der Waals surface area contributed by atoms with Gasteiger partial charge in [0.05, 0.1) is 11.7 Å². The van der Waals surface area contributed by atoms with E-state index in [0.29, 0.717) is 17.9 Å². The summed E-state index contributed by atoms with van der Waals surface area (Å²) in [7, 11) is 1.95. The zero-order valence-electron chi connectivity index (χ0n) is 15.5. The molecule has 1 amide bonds. The highest BCUT2D eigenvalue weighted by molar-refractivity contribution is 5.77. The van der Waals surface area contributed by atoms with Crippen molar-refractivity contribution >= 4 is 11.7 Å². The minimum atomic E-state index is 0.0237. The topological polar surface area (TPSA) is 49.3 Å². The van der Waals surface area contributed by atoms with Crippen molar-refractivity contribution in [3.05, 3.63) is 17.8 Å². The van der Waals surface area contributed by atoms with Gasteiger partial charge >= 0.3 is 0 Å². The molecule has 132 valence electrons. The molecular formula is C19H30N4O. The van der Waals surface area contributed by atoms with Gasteiger partial charge in [-0.1, -0.05) is 33.6 Å². The fourth-order valence-electron chi connectivity index (χ4n) is 3.59. The summed E-state index contributed by atoms with van der Waals surface area (Å²) in [5.74, 6) is 1.84. The lowest BCUT2D eigenvalue weighted by Crippen LogP contribution is -2.60. The maximum atomic E-state index is 12.4. The van der Waals surface area contributed by atoms with E-state index in [4.69, 9.17) is 0 Å². The highest BCUT2D eigenvalue weighted by atomic mass is 16.2. The molecule has 2 heterocycles. The van der Waals surface area contributed by atoms with Crippen molar-refractivity contribution in [2.24, 2.45) is 5.92 Å². The van der Waals surface area contributed by atoms with Gasteiger partial charge in [-0.2, -0.15) is 5.10 Å². The molecule has 1 aliphatic carbocycles. The number of nitrogens with zero attached hydrogens (tertiary/aromatic N) is 4. The number of hydrogen-bond donors (Lipinski definition) is 0. The van der Waals surface area contributed by atoms with E-state index < -0.39 is 0 Å². The van der Waals surface area contributed by atoms with Gasteiger partial charge in [0, 0.05) is 32.0 Å². The third kappa shape index (κ3) is 3.70. The summed E-state index contributed by atoms with van der Waals surface area (Å²) in [5, 5.41) is 8.72. The fraction of sp³-hybridized carbons (Fsp3) is 0.737. The quantitative estimate of drug-likeness (QED) is 0.851. The standard InChI is InChI=1S/C19H30N4O/c1-19(2,3)16-9-10-17(21-20-16)23-12-15(13-23)22(4)18(24)11-14-7-5-6-8-14/h9-10,14-15H,5-8,11-13H2,1-4H3. The number of anilines is 1. The molecule has 0 aromatic carbocycles. The summed E-state index contributed by atoms with van der Waals surface area (Å²) in [4.78, 5) is 16.6. The molecule has 5 heteroatoms. The second kappa shape index (κ2) is 6.69. The molecule has 0 unspecified atom stereocenters. The molecule has 0 spiro atoms. The Kier molecular flexibility index (Phi) is 4.79. The highest BCUT2D eigenvalue weighted by Gasteiger charge is 2.34. The number of rotatable bonds is 4. The van der Waals surface area contributed by atoms with Crippen LogP contribution in [-0.4, -0.2) is 47.2 Å². The van der Waals surface area contributed by atoms with E-state index in [1.165, 1.54) is 25.7 Å². The number of carbonyl (C=O) groups is 1. The molecule has 2 fully saturated rings. The van der Waals surface area contributed by atoms with Gasteiger partial charge in [-0.05, 0) is 30.9 Å². The van der Waals surface area contributed by atoms with Gasteiger partial charge in [-0.25, -0.2) is 0 Å². The zero-order chi connectivity index (χ0) is 17.3. The lowest BCUT2D eigenvalue weighted by Gasteiger charge is -2.44. The molecule has 0 N–H and O–H groups in total. The number of hydrogen-bond acceptors (Lipinski definition) is 4.